The van der Waals surface area contributed by atoms with Gasteiger partial charge in [-0.1, -0.05) is 0 Å². The highest BCUT2D eigenvalue weighted by Gasteiger charge is 2.17. The lowest BCUT2D eigenvalue weighted by atomic mass is 10.1. The van der Waals surface area contributed by atoms with Crippen LogP contribution in [0, 0.1) is 11.6 Å². The number of halogens is 2. The van der Waals surface area contributed by atoms with E-state index in [9.17, 15) is 8.78 Å². The Balaban J connectivity index is 2.02. The molecular weight excluding hydrogens is 312 g/mol. The second-order valence-electron chi connectivity index (χ2n) is 6.00. The summed E-state index contributed by atoms with van der Waals surface area (Å²) >= 11 is 0. The van der Waals surface area contributed by atoms with E-state index in [0.29, 0.717) is 28.2 Å². The first-order valence-corrected chi connectivity index (χ1v) is 7.56. The zero-order chi connectivity index (χ0) is 17.0. The third-order valence-corrected chi connectivity index (χ3v) is 4.10. The van der Waals surface area contributed by atoms with Gasteiger partial charge in [0.25, 0.3) is 0 Å². The number of nitrogen functional groups attached to an aromatic ring is 1. The maximum Gasteiger partial charge on any atom is 0.166 e. The van der Waals surface area contributed by atoms with Crippen molar-refractivity contribution in [2.75, 3.05) is 5.73 Å². The van der Waals surface area contributed by atoms with E-state index >= 15 is 0 Å². The molecule has 0 radical (unpaired) electrons. The number of benzene rings is 1. The number of hydrogen-bond donors (Lipinski definition) is 2. The van der Waals surface area contributed by atoms with Gasteiger partial charge in [-0.25, -0.2) is 18.7 Å². The van der Waals surface area contributed by atoms with E-state index in [0.717, 1.165) is 11.5 Å². The Morgan fingerprint density at radius 2 is 1.96 bits per heavy atom. The first kappa shape index (κ1) is 14.6. The molecule has 0 saturated carbocycles. The minimum Gasteiger partial charge on any atom is -0.383 e. The van der Waals surface area contributed by atoms with Gasteiger partial charge in [-0.2, -0.15) is 0 Å². The molecular formula is C17H15F2N5. The summed E-state index contributed by atoms with van der Waals surface area (Å²) in [6.07, 6.45) is 3.47. The van der Waals surface area contributed by atoms with Crippen LogP contribution in [0.3, 0.4) is 0 Å². The van der Waals surface area contributed by atoms with Crippen LogP contribution in [-0.2, 0) is 0 Å². The summed E-state index contributed by atoms with van der Waals surface area (Å²) in [7, 11) is 0. The topological polar surface area (TPSA) is 72.5 Å². The molecule has 24 heavy (non-hydrogen) atoms. The van der Waals surface area contributed by atoms with E-state index in [2.05, 4.69) is 15.0 Å². The van der Waals surface area contributed by atoms with Gasteiger partial charge in [0.15, 0.2) is 5.82 Å². The van der Waals surface area contributed by atoms with Crippen LogP contribution >= 0.6 is 0 Å². The fourth-order valence-electron chi connectivity index (χ4n) is 2.93. The number of aromatic nitrogens is 4. The van der Waals surface area contributed by atoms with Crippen LogP contribution in [0.2, 0.25) is 0 Å². The molecule has 3 aromatic heterocycles. The first-order chi connectivity index (χ1) is 11.5. The van der Waals surface area contributed by atoms with Crippen molar-refractivity contribution in [1.82, 2.24) is 19.5 Å². The summed E-state index contributed by atoms with van der Waals surface area (Å²) in [5.41, 5.74) is 7.47. The second-order valence-corrected chi connectivity index (χ2v) is 6.00. The van der Waals surface area contributed by atoms with Gasteiger partial charge in [-0.05, 0) is 26.0 Å². The molecule has 0 aliphatic rings. The molecule has 3 heterocycles. The quantitative estimate of drug-likeness (QED) is 0.584. The van der Waals surface area contributed by atoms with Gasteiger partial charge in [0, 0.05) is 35.5 Å². The van der Waals surface area contributed by atoms with Gasteiger partial charge < -0.3 is 15.3 Å². The van der Waals surface area contributed by atoms with Crippen LogP contribution < -0.4 is 5.73 Å². The van der Waals surface area contributed by atoms with Gasteiger partial charge in [-0.3, -0.25) is 0 Å². The zero-order valence-corrected chi connectivity index (χ0v) is 13.1. The van der Waals surface area contributed by atoms with Crippen molar-refractivity contribution >= 4 is 27.8 Å². The molecule has 0 saturated heterocycles. The molecule has 7 heteroatoms. The van der Waals surface area contributed by atoms with E-state index < -0.39 is 11.6 Å². The number of anilines is 1. The average molecular weight is 327 g/mol. The molecule has 0 amide bonds. The van der Waals surface area contributed by atoms with Crippen LogP contribution in [0.4, 0.5) is 14.6 Å². The molecule has 0 aliphatic heterocycles. The molecule has 0 spiro atoms. The number of hydrogen-bond acceptors (Lipinski definition) is 3. The Labute approximate surface area is 136 Å². The third kappa shape index (κ3) is 2.05. The van der Waals surface area contributed by atoms with Crippen LogP contribution in [0.1, 0.15) is 19.9 Å². The van der Waals surface area contributed by atoms with E-state index in [1.54, 1.807) is 6.20 Å². The van der Waals surface area contributed by atoms with Gasteiger partial charge in [0.05, 0.1) is 10.9 Å². The van der Waals surface area contributed by atoms with E-state index in [1.165, 1.54) is 6.07 Å². The van der Waals surface area contributed by atoms with Crippen LogP contribution in [-0.4, -0.2) is 19.5 Å². The summed E-state index contributed by atoms with van der Waals surface area (Å²) in [6.45, 7) is 4.07. The normalized spacial score (nSPS) is 11.9. The number of nitrogens with zero attached hydrogens (tertiary/aromatic N) is 3. The standard InChI is InChI=1S/C17H15F2N5/c1-8(2)24-4-3-10-15(20)22-16(23-17(10)24)12-7-21-14-11(12)5-9(18)6-13(14)19/h3-8,21H,1-2H3,(H2,20,22,23). The van der Waals surface area contributed by atoms with Gasteiger partial charge in [0.1, 0.15) is 23.1 Å². The lowest BCUT2D eigenvalue weighted by Crippen LogP contribution is -2.03. The molecule has 0 aliphatic carbocycles. The Kier molecular flexibility index (Phi) is 3.06. The molecule has 122 valence electrons. The molecule has 0 fully saturated rings. The minimum atomic E-state index is -0.657. The predicted octanol–water partition coefficient (Wildman–Crippen LogP) is 4.02. The van der Waals surface area contributed by atoms with E-state index in [1.807, 2.05) is 30.7 Å². The highest BCUT2D eigenvalue weighted by atomic mass is 19.1. The van der Waals surface area contributed by atoms with Crippen molar-refractivity contribution in [2.24, 2.45) is 0 Å². The van der Waals surface area contributed by atoms with Crippen molar-refractivity contribution in [3.8, 4) is 11.4 Å². The molecule has 1 aromatic carbocycles. The number of H-pyrrole nitrogens is 1. The molecule has 3 N–H and O–H groups in total. The number of nitrogens with two attached hydrogens (primary N) is 1. The Hall–Kier alpha value is -2.96. The van der Waals surface area contributed by atoms with Crippen LogP contribution in [0.5, 0.6) is 0 Å². The number of nitrogens with one attached hydrogen (secondary N) is 1. The fraction of sp³-hybridized carbons (Fsp3) is 0.176. The largest absolute Gasteiger partial charge is 0.383 e. The minimum absolute atomic E-state index is 0.197. The van der Waals surface area contributed by atoms with Gasteiger partial charge in [0.2, 0.25) is 0 Å². The lowest BCUT2D eigenvalue weighted by Gasteiger charge is -2.09. The second kappa shape index (κ2) is 5.02. The summed E-state index contributed by atoms with van der Waals surface area (Å²) in [5, 5.41) is 1.14. The van der Waals surface area contributed by atoms with Crippen molar-refractivity contribution < 1.29 is 8.78 Å². The predicted molar refractivity (Wildman–Crippen MR) is 89.5 cm³/mol. The number of rotatable bonds is 2. The monoisotopic (exact) mass is 327 g/mol. The average Bonchev–Trinajstić information content (AvgIpc) is 3.10. The molecule has 4 aromatic rings. The van der Waals surface area contributed by atoms with Gasteiger partial charge >= 0.3 is 0 Å². The summed E-state index contributed by atoms with van der Waals surface area (Å²) in [4.78, 5) is 11.7. The smallest absolute Gasteiger partial charge is 0.166 e. The summed E-state index contributed by atoms with van der Waals surface area (Å²) < 4.78 is 29.5. The Bertz CT molecular complexity index is 1080. The van der Waals surface area contributed by atoms with E-state index in [4.69, 9.17) is 5.73 Å². The van der Waals surface area contributed by atoms with Gasteiger partial charge in [-0.15, -0.1) is 0 Å². The first-order valence-electron chi connectivity index (χ1n) is 7.56. The highest BCUT2D eigenvalue weighted by Crippen LogP contribution is 2.31. The van der Waals surface area contributed by atoms with Crippen LogP contribution in [0.25, 0.3) is 33.3 Å². The molecule has 5 nitrogen and oxygen atoms in total. The summed E-state index contributed by atoms with van der Waals surface area (Å²) in [6, 6.07) is 4.16. The zero-order valence-electron chi connectivity index (χ0n) is 13.1. The third-order valence-electron chi connectivity index (χ3n) is 4.10. The fourth-order valence-corrected chi connectivity index (χ4v) is 2.93. The molecule has 0 bridgehead atoms. The Morgan fingerprint density at radius 3 is 2.71 bits per heavy atom. The SMILES string of the molecule is CC(C)n1ccc2c(N)nc(-c3c[nH]c4c(F)cc(F)cc34)nc21. The van der Waals surface area contributed by atoms with Crippen molar-refractivity contribution in [3.63, 3.8) is 0 Å². The number of aromatic amines is 1. The Morgan fingerprint density at radius 1 is 1.17 bits per heavy atom. The lowest BCUT2D eigenvalue weighted by molar-refractivity contribution is 0.591. The number of fused-ring (bicyclic) bond motifs is 2. The molecule has 0 unspecified atom stereocenters. The maximum absolute atomic E-state index is 13.9. The van der Waals surface area contributed by atoms with E-state index in [-0.39, 0.29) is 11.6 Å². The summed E-state index contributed by atoms with van der Waals surface area (Å²) in [5.74, 6) is -0.645. The van der Waals surface area contributed by atoms with Crippen molar-refractivity contribution in [3.05, 3.63) is 42.2 Å². The van der Waals surface area contributed by atoms with Crippen LogP contribution in [0.15, 0.2) is 30.6 Å². The molecule has 4 rings (SSSR count). The maximum atomic E-state index is 13.9. The van der Waals surface area contributed by atoms with Crippen molar-refractivity contribution in [1.29, 1.82) is 0 Å². The van der Waals surface area contributed by atoms with Crippen molar-refractivity contribution in [2.45, 2.75) is 19.9 Å². The molecule has 0 atom stereocenters. The highest BCUT2D eigenvalue weighted by molar-refractivity contribution is 5.96.